The average Bonchev–Trinajstić information content (AvgIpc) is 2.28. The Morgan fingerprint density at radius 2 is 2.00 bits per heavy atom. The van der Waals surface area contributed by atoms with Crippen LogP contribution >= 0.6 is 0 Å². The van der Waals surface area contributed by atoms with Crippen LogP contribution < -0.4 is 10.5 Å². The Kier molecular flexibility index (Phi) is 5.11. The van der Waals surface area contributed by atoms with E-state index in [-0.39, 0.29) is 5.60 Å². The molecule has 0 spiro atoms. The van der Waals surface area contributed by atoms with E-state index in [2.05, 4.69) is 4.98 Å². The Morgan fingerprint density at radius 1 is 1.33 bits per heavy atom. The van der Waals surface area contributed by atoms with E-state index in [1.807, 2.05) is 33.8 Å². The Bertz CT molecular complexity index is 403. The maximum atomic E-state index is 5.83. The van der Waals surface area contributed by atoms with Crippen molar-refractivity contribution in [2.45, 2.75) is 46.3 Å². The lowest BCUT2D eigenvalue weighted by Crippen LogP contribution is -2.25. The molecule has 0 fully saturated rings. The highest BCUT2D eigenvalue weighted by atomic mass is 16.5. The van der Waals surface area contributed by atoms with Crippen LogP contribution in [0.15, 0.2) is 6.07 Å². The van der Waals surface area contributed by atoms with E-state index in [4.69, 9.17) is 15.2 Å². The van der Waals surface area contributed by atoms with Crippen molar-refractivity contribution in [1.82, 2.24) is 4.98 Å². The van der Waals surface area contributed by atoms with Gasteiger partial charge >= 0.3 is 0 Å². The molecular formula is C14H24N2O2. The molecule has 0 bridgehead atoms. The number of nitrogens with zero attached hydrogens (tertiary/aromatic N) is 1. The van der Waals surface area contributed by atoms with Crippen LogP contribution in [0.5, 0.6) is 5.75 Å². The van der Waals surface area contributed by atoms with E-state index in [9.17, 15) is 0 Å². The van der Waals surface area contributed by atoms with Crippen molar-refractivity contribution in [1.29, 1.82) is 0 Å². The molecule has 0 aliphatic rings. The number of aromatic nitrogens is 1. The third-order valence-corrected chi connectivity index (χ3v) is 3.14. The highest BCUT2D eigenvalue weighted by Crippen LogP contribution is 2.23. The molecule has 18 heavy (non-hydrogen) atoms. The third kappa shape index (κ3) is 3.96. The average molecular weight is 252 g/mol. The summed E-state index contributed by atoms with van der Waals surface area (Å²) >= 11 is 0. The van der Waals surface area contributed by atoms with Crippen molar-refractivity contribution < 1.29 is 9.47 Å². The van der Waals surface area contributed by atoms with Crippen molar-refractivity contribution in [3.05, 3.63) is 23.0 Å². The molecule has 102 valence electrons. The largest absolute Gasteiger partial charge is 0.493 e. The molecule has 1 aromatic rings. The van der Waals surface area contributed by atoms with Gasteiger partial charge in [0.15, 0.2) is 0 Å². The van der Waals surface area contributed by atoms with Gasteiger partial charge in [-0.2, -0.15) is 0 Å². The monoisotopic (exact) mass is 252 g/mol. The summed E-state index contributed by atoms with van der Waals surface area (Å²) in [5, 5.41) is 0. The molecule has 0 aliphatic carbocycles. The van der Waals surface area contributed by atoms with Gasteiger partial charge in [-0.05, 0) is 27.7 Å². The summed E-state index contributed by atoms with van der Waals surface area (Å²) in [6, 6.07) is 1.94. The van der Waals surface area contributed by atoms with Crippen LogP contribution in [0.1, 0.15) is 37.2 Å². The zero-order valence-electron chi connectivity index (χ0n) is 12.0. The normalized spacial score (nSPS) is 11.7. The van der Waals surface area contributed by atoms with Crippen molar-refractivity contribution in [2.24, 2.45) is 5.73 Å². The molecule has 4 heteroatoms. The number of hydrogen-bond acceptors (Lipinski definition) is 4. The predicted octanol–water partition coefficient (Wildman–Crippen LogP) is 2.35. The number of pyridine rings is 1. The summed E-state index contributed by atoms with van der Waals surface area (Å²) < 4.78 is 11.2. The fourth-order valence-electron chi connectivity index (χ4n) is 1.71. The van der Waals surface area contributed by atoms with Crippen LogP contribution in [0.25, 0.3) is 0 Å². The SMILES string of the molecule is COC(C)(C)CCOc1cc(C)nc(C)c1CN. The van der Waals surface area contributed by atoms with Crippen LogP contribution in [-0.4, -0.2) is 24.3 Å². The van der Waals surface area contributed by atoms with Crippen molar-refractivity contribution in [2.75, 3.05) is 13.7 Å². The van der Waals surface area contributed by atoms with Crippen molar-refractivity contribution >= 4 is 0 Å². The highest BCUT2D eigenvalue weighted by molar-refractivity contribution is 5.37. The van der Waals surface area contributed by atoms with Crippen molar-refractivity contribution in [3.63, 3.8) is 0 Å². The first-order valence-electron chi connectivity index (χ1n) is 6.25. The molecule has 0 saturated carbocycles. The van der Waals surface area contributed by atoms with Crippen LogP contribution in [0.4, 0.5) is 0 Å². The lowest BCUT2D eigenvalue weighted by Gasteiger charge is -2.23. The molecule has 0 atom stereocenters. The second kappa shape index (κ2) is 6.16. The van der Waals surface area contributed by atoms with Gasteiger partial charge in [0.1, 0.15) is 5.75 Å². The fourth-order valence-corrected chi connectivity index (χ4v) is 1.71. The van der Waals surface area contributed by atoms with E-state index in [1.165, 1.54) is 0 Å². The molecule has 0 radical (unpaired) electrons. The number of methoxy groups -OCH3 is 1. The van der Waals surface area contributed by atoms with Gasteiger partial charge in [0.25, 0.3) is 0 Å². The first-order valence-corrected chi connectivity index (χ1v) is 6.25. The zero-order chi connectivity index (χ0) is 13.8. The Morgan fingerprint density at radius 3 is 2.56 bits per heavy atom. The van der Waals surface area contributed by atoms with Gasteiger partial charge < -0.3 is 15.2 Å². The first kappa shape index (κ1) is 14.9. The second-order valence-electron chi connectivity index (χ2n) is 5.09. The van der Waals surface area contributed by atoms with Gasteiger partial charge in [0.05, 0.1) is 12.2 Å². The molecule has 2 N–H and O–H groups in total. The van der Waals surface area contributed by atoms with Gasteiger partial charge in [-0.15, -0.1) is 0 Å². The van der Waals surface area contributed by atoms with Crippen LogP contribution in [0.2, 0.25) is 0 Å². The molecule has 0 aliphatic heterocycles. The summed E-state index contributed by atoms with van der Waals surface area (Å²) in [7, 11) is 1.71. The van der Waals surface area contributed by atoms with Gasteiger partial charge in [-0.25, -0.2) is 0 Å². The molecule has 0 amide bonds. The molecule has 0 unspecified atom stereocenters. The molecule has 4 nitrogen and oxygen atoms in total. The maximum absolute atomic E-state index is 5.83. The third-order valence-electron chi connectivity index (χ3n) is 3.14. The number of aryl methyl sites for hydroxylation is 2. The number of nitrogens with two attached hydrogens (primary N) is 1. The number of ether oxygens (including phenoxy) is 2. The number of rotatable bonds is 6. The van der Waals surface area contributed by atoms with E-state index >= 15 is 0 Å². The Hall–Kier alpha value is -1.13. The van der Waals surface area contributed by atoms with E-state index < -0.39 is 0 Å². The number of hydrogen-bond donors (Lipinski definition) is 1. The Labute approximate surface area is 110 Å². The van der Waals surface area contributed by atoms with Gasteiger partial charge in [0.2, 0.25) is 0 Å². The lowest BCUT2D eigenvalue weighted by molar-refractivity contribution is 0.00537. The quantitative estimate of drug-likeness (QED) is 0.844. The maximum Gasteiger partial charge on any atom is 0.127 e. The summed E-state index contributed by atoms with van der Waals surface area (Å²) in [6.45, 7) is 9.06. The predicted molar refractivity (Wildman–Crippen MR) is 72.8 cm³/mol. The summed E-state index contributed by atoms with van der Waals surface area (Å²) in [5.41, 5.74) is 8.45. The summed E-state index contributed by atoms with van der Waals surface area (Å²) in [5.74, 6) is 0.842. The van der Waals surface area contributed by atoms with E-state index in [0.29, 0.717) is 13.2 Å². The molecule has 1 aromatic heterocycles. The molecular weight excluding hydrogens is 228 g/mol. The standard InChI is InChI=1S/C14H24N2O2/c1-10-8-13(12(9-15)11(2)16-10)18-7-6-14(3,4)17-5/h8H,6-7,9,15H2,1-5H3. The van der Waals surface area contributed by atoms with Crippen LogP contribution in [0.3, 0.4) is 0 Å². The van der Waals surface area contributed by atoms with Crippen LogP contribution in [0, 0.1) is 13.8 Å². The van der Waals surface area contributed by atoms with Gasteiger partial charge in [0, 0.05) is 43.1 Å². The van der Waals surface area contributed by atoms with Crippen LogP contribution in [-0.2, 0) is 11.3 Å². The first-order chi connectivity index (χ1) is 8.39. The Balaban J connectivity index is 2.73. The zero-order valence-corrected chi connectivity index (χ0v) is 12.0. The lowest BCUT2D eigenvalue weighted by atomic mass is 10.1. The minimum absolute atomic E-state index is 0.167. The molecule has 0 saturated heterocycles. The minimum Gasteiger partial charge on any atom is -0.493 e. The second-order valence-corrected chi connectivity index (χ2v) is 5.09. The van der Waals surface area contributed by atoms with Crippen molar-refractivity contribution in [3.8, 4) is 5.75 Å². The topological polar surface area (TPSA) is 57.4 Å². The summed E-state index contributed by atoms with van der Waals surface area (Å²) in [6.07, 6.45) is 0.827. The van der Waals surface area contributed by atoms with Gasteiger partial charge in [-0.1, -0.05) is 0 Å². The fraction of sp³-hybridized carbons (Fsp3) is 0.643. The smallest absolute Gasteiger partial charge is 0.127 e. The summed E-state index contributed by atoms with van der Waals surface area (Å²) in [4.78, 5) is 4.39. The molecule has 1 heterocycles. The van der Waals surface area contributed by atoms with Gasteiger partial charge in [-0.3, -0.25) is 4.98 Å². The van der Waals surface area contributed by atoms with E-state index in [1.54, 1.807) is 7.11 Å². The van der Waals surface area contributed by atoms with E-state index in [0.717, 1.165) is 29.1 Å². The molecule has 0 aromatic carbocycles. The molecule has 1 rings (SSSR count). The highest BCUT2D eigenvalue weighted by Gasteiger charge is 2.17. The minimum atomic E-state index is -0.167.